The predicted molar refractivity (Wildman–Crippen MR) is 47.6 cm³/mol. The van der Waals surface area contributed by atoms with Gasteiger partial charge in [-0.3, -0.25) is 4.79 Å². The number of hydrogen-bond acceptors (Lipinski definition) is 3. The highest BCUT2D eigenvalue weighted by Gasteiger charge is 2.24. The van der Waals surface area contributed by atoms with Crippen LogP contribution in [-0.2, 0) is 4.79 Å². The number of nitrogens with zero attached hydrogens (tertiary/aromatic N) is 3. The van der Waals surface area contributed by atoms with Crippen LogP contribution >= 0.6 is 0 Å². The van der Waals surface area contributed by atoms with Crippen LogP contribution in [0.5, 0.6) is 0 Å². The van der Waals surface area contributed by atoms with Crippen molar-refractivity contribution in [2.45, 2.75) is 6.92 Å². The van der Waals surface area contributed by atoms with Gasteiger partial charge in [0.15, 0.2) is 0 Å². The minimum Gasteiger partial charge on any atom is -0.383 e. The zero-order chi connectivity index (χ0) is 9.30. The molecule has 0 saturated carbocycles. The van der Waals surface area contributed by atoms with E-state index in [1.807, 2.05) is 25.9 Å². The topological polar surface area (TPSA) is 35.9 Å². The number of hydrazone groups is 1. The van der Waals surface area contributed by atoms with Gasteiger partial charge in [0.25, 0.3) is 5.91 Å². The average Bonchev–Trinajstić information content (AvgIpc) is 2.16. The summed E-state index contributed by atoms with van der Waals surface area (Å²) in [7, 11) is 5.42. The molecule has 0 fully saturated rings. The lowest BCUT2D eigenvalue weighted by Gasteiger charge is -2.06. The summed E-state index contributed by atoms with van der Waals surface area (Å²) in [6.07, 6.45) is 1.78. The van der Waals surface area contributed by atoms with Gasteiger partial charge in [-0.1, -0.05) is 0 Å². The molecular weight excluding hydrogens is 154 g/mol. The SMILES string of the molecule is CC1=NN(C)C(=O)/C1=C\N(C)C. The third kappa shape index (κ3) is 1.47. The fourth-order valence-corrected chi connectivity index (χ4v) is 1.06. The molecule has 4 heteroatoms. The van der Waals surface area contributed by atoms with E-state index in [9.17, 15) is 4.79 Å². The van der Waals surface area contributed by atoms with Crippen LogP contribution in [0, 0.1) is 0 Å². The van der Waals surface area contributed by atoms with E-state index in [1.54, 1.807) is 13.2 Å². The normalized spacial score (nSPS) is 20.3. The number of carbonyl (C=O) groups excluding carboxylic acids is 1. The van der Waals surface area contributed by atoms with Gasteiger partial charge in [-0.25, -0.2) is 5.01 Å². The first-order valence-electron chi connectivity index (χ1n) is 3.74. The van der Waals surface area contributed by atoms with Crippen LogP contribution in [0.2, 0.25) is 0 Å². The maximum Gasteiger partial charge on any atom is 0.277 e. The molecule has 4 nitrogen and oxygen atoms in total. The Morgan fingerprint density at radius 2 is 2.08 bits per heavy atom. The van der Waals surface area contributed by atoms with Crippen molar-refractivity contribution in [2.75, 3.05) is 21.1 Å². The second-order valence-corrected chi connectivity index (χ2v) is 3.02. The molecule has 0 radical (unpaired) electrons. The maximum absolute atomic E-state index is 11.4. The van der Waals surface area contributed by atoms with Crippen molar-refractivity contribution in [2.24, 2.45) is 5.10 Å². The van der Waals surface area contributed by atoms with E-state index in [2.05, 4.69) is 5.10 Å². The molecule has 12 heavy (non-hydrogen) atoms. The molecule has 1 heterocycles. The average molecular weight is 167 g/mol. The molecule has 1 aliphatic rings. The first kappa shape index (κ1) is 8.77. The zero-order valence-electron chi connectivity index (χ0n) is 7.83. The number of amides is 1. The smallest absolute Gasteiger partial charge is 0.277 e. The summed E-state index contributed by atoms with van der Waals surface area (Å²) in [5.41, 5.74) is 1.44. The number of carbonyl (C=O) groups is 1. The van der Waals surface area contributed by atoms with Crippen molar-refractivity contribution in [1.29, 1.82) is 0 Å². The molecule has 66 valence electrons. The third-order valence-electron chi connectivity index (χ3n) is 1.60. The number of hydrogen-bond donors (Lipinski definition) is 0. The van der Waals surface area contributed by atoms with E-state index in [1.165, 1.54) is 5.01 Å². The number of likely N-dealkylation sites (N-methyl/N-ethyl adjacent to an activating group) is 1. The Balaban J connectivity index is 2.94. The summed E-state index contributed by atoms with van der Waals surface area (Å²) in [6, 6.07) is 0. The molecule has 1 aliphatic heterocycles. The first-order chi connectivity index (χ1) is 5.52. The molecule has 1 amide bonds. The monoisotopic (exact) mass is 167 g/mol. The molecule has 0 unspecified atom stereocenters. The van der Waals surface area contributed by atoms with Gasteiger partial charge in [-0.2, -0.15) is 5.10 Å². The Labute approximate surface area is 72.1 Å². The molecular formula is C8H13N3O. The minimum atomic E-state index is -0.0406. The second kappa shape index (κ2) is 2.97. The standard InChI is InChI=1S/C8H13N3O/c1-6-7(5-10(2)3)8(12)11(4)9-6/h5H,1-4H3/b7-5-. The van der Waals surface area contributed by atoms with Gasteiger partial charge in [0, 0.05) is 27.3 Å². The number of rotatable bonds is 1. The molecule has 1 rings (SSSR count). The maximum atomic E-state index is 11.4. The molecule has 0 saturated heterocycles. The lowest BCUT2D eigenvalue weighted by Crippen LogP contribution is -2.18. The summed E-state index contributed by atoms with van der Waals surface area (Å²) < 4.78 is 0. The molecule has 0 aliphatic carbocycles. The molecule has 0 atom stereocenters. The minimum absolute atomic E-state index is 0.0406. The van der Waals surface area contributed by atoms with Gasteiger partial charge in [-0.15, -0.1) is 0 Å². The largest absolute Gasteiger partial charge is 0.383 e. The Morgan fingerprint density at radius 3 is 2.42 bits per heavy atom. The second-order valence-electron chi connectivity index (χ2n) is 3.02. The van der Waals surface area contributed by atoms with Gasteiger partial charge < -0.3 is 4.90 Å². The van der Waals surface area contributed by atoms with E-state index in [4.69, 9.17) is 0 Å². The molecule has 0 spiro atoms. The van der Waals surface area contributed by atoms with E-state index in [-0.39, 0.29) is 5.91 Å². The quantitative estimate of drug-likeness (QED) is 0.526. The van der Waals surface area contributed by atoms with Crippen molar-refractivity contribution in [1.82, 2.24) is 9.91 Å². The van der Waals surface area contributed by atoms with Gasteiger partial charge in [0.1, 0.15) is 0 Å². The van der Waals surface area contributed by atoms with Crippen LogP contribution in [0.25, 0.3) is 0 Å². The van der Waals surface area contributed by atoms with E-state index in [0.717, 1.165) is 5.71 Å². The predicted octanol–water partition coefficient (Wildman–Crippen LogP) is 0.280. The lowest BCUT2D eigenvalue weighted by atomic mass is 10.2. The highest BCUT2D eigenvalue weighted by molar-refractivity contribution is 6.23. The molecule has 0 bridgehead atoms. The summed E-state index contributed by atoms with van der Waals surface area (Å²) in [5, 5.41) is 5.36. The molecule has 0 aromatic heterocycles. The van der Waals surface area contributed by atoms with Crippen LogP contribution in [0.1, 0.15) is 6.92 Å². The van der Waals surface area contributed by atoms with Crippen molar-refractivity contribution < 1.29 is 4.79 Å². The highest BCUT2D eigenvalue weighted by atomic mass is 16.2. The van der Waals surface area contributed by atoms with Crippen molar-refractivity contribution in [3.63, 3.8) is 0 Å². The van der Waals surface area contributed by atoms with Crippen LogP contribution < -0.4 is 0 Å². The zero-order valence-corrected chi connectivity index (χ0v) is 7.83. The van der Waals surface area contributed by atoms with Gasteiger partial charge >= 0.3 is 0 Å². The summed E-state index contributed by atoms with van der Waals surface area (Å²) in [6.45, 7) is 1.83. The van der Waals surface area contributed by atoms with E-state index < -0.39 is 0 Å². The Bertz CT molecular complexity index is 265. The fourth-order valence-electron chi connectivity index (χ4n) is 1.06. The first-order valence-corrected chi connectivity index (χ1v) is 3.74. The summed E-state index contributed by atoms with van der Waals surface area (Å²) in [4.78, 5) is 13.2. The van der Waals surface area contributed by atoms with Gasteiger partial charge in [-0.05, 0) is 6.92 Å². The van der Waals surface area contributed by atoms with E-state index >= 15 is 0 Å². The van der Waals surface area contributed by atoms with Gasteiger partial charge in [0.05, 0.1) is 11.3 Å². The third-order valence-corrected chi connectivity index (χ3v) is 1.60. The van der Waals surface area contributed by atoms with Crippen LogP contribution in [0.4, 0.5) is 0 Å². The van der Waals surface area contributed by atoms with Gasteiger partial charge in [0.2, 0.25) is 0 Å². The molecule has 0 aromatic rings. The van der Waals surface area contributed by atoms with Crippen LogP contribution in [-0.4, -0.2) is 42.7 Å². The van der Waals surface area contributed by atoms with Crippen LogP contribution in [0.15, 0.2) is 16.9 Å². The van der Waals surface area contributed by atoms with Crippen molar-refractivity contribution in [3.05, 3.63) is 11.8 Å². The lowest BCUT2D eigenvalue weighted by molar-refractivity contribution is -0.124. The van der Waals surface area contributed by atoms with Crippen molar-refractivity contribution in [3.8, 4) is 0 Å². The Morgan fingerprint density at radius 1 is 1.50 bits per heavy atom. The fraction of sp³-hybridized carbons (Fsp3) is 0.500. The summed E-state index contributed by atoms with van der Waals surface area (Å²) >= 11 is 0. The Hall–Kier alpha value is -1.32. The molecule has 0 aromatic carbocycles. The Kier molecular flexibility index (Phi) is 2.17. The molecule has 0 N–H and O–H groups in total. The van der Waals surface area contributed by atoms with Crippen molar-refractivity contribution >= 4 is 11.6 Å². The highest BCUT2D eigenvalue weighted by Crippen LogP contribution is 2.12. The van der Waals surface area contributed by atoms with Crippen LogP contribution in [0.3, 0.4) is 0 Å². The summed E-state index contributed by atoms with van der Waals surface area (Å²) in [5.74, 6) is -0.0406. The van der Waals surface area contributed by atoms with E-state index in [0.29, 0.717) is 5.57 Å².